The summed E-state index contributed by atoms with van der Waals surface area (Å²) >= 11 is 1.12. The van der Waals surface area contributed by atoms with Crippen LogP contribution in [0.4, 0.5) is 20.4 Å². The third-order valence-electron chi connectivity index (χ3n) is 6.61. The van der Waals surface area contributed by atoms with Crippen molar-refractivity contribution in [2.45, 2.75) is 33.0 Å². The van der Waals surface area contributed by atoms with Crippen LogP contribution in [0, 0.1) is 18.6 Å². The molecular weight excluding hydrogens is 510 g/mol. The molecule has 38 heavy (non-hydrogen) atoms. The van der Waals surface area contributed by atoms with Gasteiger partial charge in [0.1, 0.15) is 11.6 Å². The van der Waals surface area contributed by atoms with Gasteiger partial charge in [0.15, 0.2) is 5.69 Å². The van der Waals surface area contributed by atoms with E-state index in [1.165, 1.54) is 22.8 Å². The number of anilines is 2. The summed E-state index contributed by atoms with van der Waals surface area (Å²) in [6.45, 7) is 4.66. The van der Waals surface area contributed by atoms with Crippen molar-refractivity contribution in [2.24, 2.45) is 7.05 Å². The molecule has 1 unspecified atom stereocenters. The lowest BCUT2D eigenvalue weighted by Gasteiger charge is -2.23. The first-order valence-corrected chi connectivity index (χ1v) is 13.2. The Bertz CT molecular complexity index is 1640. The summed E-state index contributed by atoms with van der Waals surface area (Å²) < 4.78 is 32.0. The van der Waals surface area contributed by atoms with Crippen LogP contribution >= 0.6 is 11.9 Å². The lowest BCUT2D eigenvalue weighted by molar-refractivity contribution is 0.0980. The van der Waals surface area contributed by atoms with E-state index in [9.17, 15) is 18.4 Å². The molecule has 0 radical (unpaired) electrons. The number of fused-ring (bicyclic) bond motifs is 2. The topological polar surface area (TPSA) is 92.2 Å². The number of nitrogens with one attached hydrogen (secondary N) is 2. The van der Waals surface area contributed by atoms with E-state index >= 15 is 0 Å². The monoisotopic (exact) mass is 536 g/mol. The summed E-state index contributed by atoms with van der Waals surface area (Å²) in [7, 11) is 1.67. The van der Waals surface area contributed by atoms with E-state index in [-0.39, 0.29) is 22.8 Å². The number of hydrogen-bond acceptors (Lipinski definition) is 7. The summed E-state index contributed by atoms with van der Waals surface area (Å²) in [4.78, 5) is 36.8. The van der Waals surface area contributed by atoms with Crippen molar-refractivity contribution in [1.29, 1.82) is 0 Å². The minimum atomic E-state index is -0.589. The van der Waals surface area contributed by atoms with Gasteiger partial charge in [-0.05, 0) is 48.7 Å². The van der Waals surface area contributed by atoms with Crippen molar-refractivity contribution in [2.75, 3.05) is 16.5 Å². The first-order chi connectivity index (χ1) is 18.2. The van der Waals surface area contributed by atoms with Crippen LogP contribution in [0.2, 0.25) is 0 Å². The van der Waals surface area contributed by atoms with Crippen molar-refractivity contribution in [1.82, 2.24) is 19.3 Å². The van der Waals surface area contributed by atoms with Gasteiger partial charge in [0.2, 0.25) is 5.95 Å². The van der Waals surface area contributed by atoms with E-state index in [1.807, 2.05) is 24.8 Å². The average Bonchev–Trinajstić information content (AvgIpc) is 3.29. The first kappa shape index (κ1) is 25.7. The van der Waals surface area contributed by atoms with Gasteiger partial charge in [0, 0.05) is 38.0 Å². The summed E-state index contributed by atoms with van der Waals surface area (Å²) in [5, 5.41) is 3.64. The second-order valence-corrected chi connectivity index (χ2v) is 9.96. The summed E-state index contributed by atoms with van der Waals surface area (Å²) in [6, 6.07) is 9.15. The normalized spacial score (nSPS) is 13.5. The molecule has 2 aromatic carbocycles. The van der Waals surface area contributed by atoms with Crippen molar-refractivity contribution in [3.05, 3.63) is 92.5 Å². The minimum absolute atomic E-state index is 0.0520. The fourth-order valence-electron chi connectivity index (χ4n) is 4.84. The van der Waals surface area contributed by atoms with E-state index < -0.39 is 17.8 Å². The Kier molecular flexibility index (Phi) is 6.78. The average molecular weight is 537 g/mol. The molecule has 8 nitrogen and oxygen atoms in total. The fourth-order valence-corrected chi connectivity index (χ4v) is 5.12. The van der Waals surface area contributed by atoms with Crippen LogP contribution in [-0.4, -0.2) is 26.7 Å². The van der Waals surface area contributed by atoms with Crippen molar-refractivity contribution in [3.63, 3.8) is 0 Å². The number of halogens is 2. The molecule has 11 heteroatoms. The SMILES string of the molecule is CSNC(=O)c1ncc(F)cc1NC(C)c1cc(C)cc2c(=O)n(C)c(N3Cc4ccc(F)cc4C3)nc12. The molecule has 0 aliphatic carbocycles. The maximum Gasteiger partial charge on any atom is 0.281 e. The number of aromatic nitrogens is 3. The number of aryl methyl sites for hydroxylation is 1. The van der Waals surface area contributed by atoms with Gasteiger partial charge in [0.25, 0.3) is 11.5 Å². The van der Waals surface area contributed by atoms with Gasteiger partial charge in [-0.1, -0.05) is 24.1 Å². The highest BCUT2D eigenvalue weighted by molar-refractivity contribution is 7.97. The quantitative estimate of drug-likeness (QED) is 0.348. The molecule has 0 saturated carbocycles. The van der Waals surface area contributed by atoms with Gasteiger partial charge in [-0.2, -0.15) is 0 Å². The van der Waals surface area contributed by atoms with Crippen molar-refractivity contribution >= 4 is 40.4 Å². The highest BCUT2D eigenvalue weighted by Gasteiger charge is 2.25. The zero-order valence-corrected chi connectivity index (χ0v) is 22.1. The molecule has 2 N–H and O–H groups in total. The standard InChI is InChI=1S/C27H26F2N6O2S/c1-14-7-20(15(2)31-22-10-19(29)11-30-24(22)25(36)33-38-4)23-21(8-14)26(37)34(3)27(32-23)35-12-16-5-6-18(28)9-17(16)13-35/h5-11,15,31H,12-13H2,1-4H3,(H,33,36). The van der Waals surface area contributed by atoms with Crippen molar-refractivity contribution < 1.29 is 13.6 Å². The molecular formula is C27H26F2N6O2S. The minimum Gasteiger partial charge on any atom is -0.376 e. The number of carbonyl (C=O) groups excluding carboxylic acids is 1. The Morgan fingerprint density at radius 2 is 1.87 bits per heavy atom. The first-order valence-electron chi connectivity index (χ1n) is 11.9. The van der Waals surface area contributed by atoms with Gasteiger partial charge >= 0.3 is 0 Å². The number of pyridine rings is 1. The number of hydrogen-bond donors (Lipinski definition) is 2. The number of rotatable bonds is 6. The maximum absolute atomic E-state index is 14.1. The van der Waals surface area contributed by atoms with E-state index in [1.54, 1.807) is 25.4 Å². The third-order valence-corrected chi connectivity index (χ3v) is 7.00. The Hall–Kier alpha value is -3.99. The Morgan fingerprint density at radius 3 is 2.63 bits per heavy atom. The molecule has 0 saturated heterocycles. The second-order valence-electron chi connectivity index (χ2n) is 9.35. The van der Waals surface area contributed by atoms with Crippen LogP contribution < -0.4 is 20.5 Å². The zero-order chi connectivity index (χ0) is 27.1. The molecule has 0 spiro atoms. The molecule has 196 valence electrons. The van der Waals surface area contributed by atoms with Crippen LogP contribution in [0.25, 0.3) is 10.9 Å². The van der Waals surface area contributed by atoms with Gasteiger partial charge in [-0.25, -0.2) is 18.7 Å². The van der Waals surface area contributed by atoms with Gasteiger partial charge in [0.05, 0.1) is 28.8 Å². The molecule has 0 fully saturated rings. The van der Waals surface area contributed by atoms with Crippen LogP contribution in [0.3, 0.4) is 0 Å². The van der Waals surface area contributed by atoms with Crippen LogP contribution in [0.1, 0.15) is 45.7 Å². The Balaban J connectivity index is 1.58. The fraction of sp³-hybridized carbons (Fsp3) is 0.259. The summed E-state index contributed by atoms with van der Waals surface area (Å²) in [5.74, 6) is -0.889. The predicted octanol–water partition coefficient (Wildman–Crippen LogP) is 4.62. The highest BCUT2D eigenvalue weighted by Crippen LogP contribution is 2.31. The molecule has 2 aromatic heterocycles. The lowest BCUT2D eigenvalue weighted by Crippen LogP contribution is -2.28. The Labute approximate surface area is 222 Å². The van der Waals surface area contributed by atoms with E-state index in [4.69, 9.17) is 4.98 Å². The molecule has 1 aliphatic heterocycles. The molecule has 1 amide bonds. The van der Waals surface area contributed by atoms with Gasteiger partial charge in [-0.15, -0.1) is 0 Å². The van der Waals surface area contributed by atoms with E-state index in [2.05, 4.69) is 15.0 Å². The van der Waals surface area contributed by atoms with E-state index in [0.29, 0.717) is 35.5 Å². The molecule has 5 rings (SSSR count). The second kappa shape index (κ2) is 10.1. The summed E-state index contributed by atoms with van der Waals surface area (Å²) in [6.07, 6.45) is 2.69. The highest BCUT2D eigenvalue weighted by atomic mass is 32.2. The molecule has 1 aliphatic rings. The van der Waals surface area contributed by atoms with E-state index in [0.717, 1.165) is 34.8 Å². The van der Waals surface area contributed by atoms with Gasteiger partial charge < -0.3 is 10.2 Å². The summed E-state index contributed by atoms with van der Waals surface area (Å²) in [5.41, 5.74) is 3.96. The molecule has 1 atom stereocenters. The number of amides is 1. The van der Waals surface area contributed by atoms with Crippen molar-refractivity contribution in [3.8, 4) is 0 Å². The number of carbonyl (C=O) groups is 1. The Morgan fingerprint density at radius 1 is 1.11 bits per heavy atom. The number of benzene rings is 2. The molecule has 4 aromatic rings. The molecule has 0 bridgehead atoms. The maximum atomic E-state index is 14.1. The zero-order valence-electron chi connectivity index (χ0n) is 21.3. The van der Waals surface area contributed by atoms with Crippen LogP contribution in [-0.2, 0) is 20.1 Å². The lowest BCUT2D eigenvalue weighted by atomic mass is 10.0. The predicted molar refractivity (Wildman–Crippen MR) is 145 cm³/mol. The third kappa shape index (κ3) is 4.69. The number of nitrogens with zero attached hydrogens (tertiary/aromatic N) is 4. The molecule has 3 heterocycles. The van der Waals surface area contributed by atoms with Gasteiger partial charge in [-0.3, -0.25) is 18.9 Å². The van der Waals surface area contributed by atoms with Crippen LogP contribution in [0.15, 0.2) is 47.4 Å². The smallest absolute Gasteiger partial charge is 0.281 e. The largest absolute Gasteiger partial charge is 0.376 e. The van der Waals surface area contributed by atoms with Crippen LogP contribution in [0.5, 0.6) is 0 Å².